The summed E-state index contributed by atoms with van der Waals surface area (Å²) in [7, 11) is 1.73. The molecule has 2 atom stereocenters. The van der Waals surface area contributed by atoms with Crippen LogP contribution < -0.4 is 5.32 Å². The molecule has 31 heavy (non-hydrogen) atoms. The molecule has 0 aliphatic carbocycles. The van der Waals surface area contributed by atoms with E-state index in [1.165, 1.54) is 33.8 Å². The van der Waals surface area contributed by atoms with E-state index in [4.69, 9.17) is 17.0 Å². The highest BCUT2D eigenvalue weighted by molar-refractivity contribution is 7.80. The summed E-state index contributed by atoms with van der Waals surface area (Å²) in [6, 6.07) is 15.1. The maximum absolute atomic E-state index is 5.74. The number of thiocarbonyl (C=S) groups is 1. The number of pyridine rings is 1. The minimum absolute atomic E-state index is 0.0150. The molecule has 0 bridgehead atoms. The molecule has 162 valence electrons. The molecule has 4 rings (SSSR count). The van der Waals surface area contributed by atoms with Gasteiger partial charge in [0.15, 0.2) is 5.11 Å². The molecule has 1 fully saturated rings. The summed E-state index contributed by atoms with van der Waals surface area (Å²) in [5.41, 5.74) is 8.41. The van der Waals surface area contributed by atoms with Crippen molar-refractivity contribution in [2.45, 2.75) is 39.8 Å². The van der Waals surface area contributed by atoms with Crippen LogP contribution in [0.4, 0.5) is 0 Å². The van der Waals surface area contributed by atoms with Crippen LogP contribution in [-0.2, 0) is 4.74 Å². The average molecular weight is 435 g/mol. The van der Waals surface area contributed by atoms with Gasteiger partial charge >= 0.3 is 0 Å². The van der Waals surface area contributed by atoms with Gasteiger partial charge in [-0.2, -0.15) is 0 Å². The van der Waals surface area contributed by atoms with E-state index in [2.05, 4.69) is 77.8 Å². The third-order valence-electron chi connectivity index (χ3n) is 5.99. The van der Waals surface area contributed by atoms with Gasteiger partial charge in [0.2, 0.25) is 0 Å². The van der Waals surface area contributed by atoms with Gasteiger partial charge < -0.3 is 19.5 Å². The summed E-state index contributed by atoms with van der Waals surface area (Å²) in [6.07, 6.45) is 1.84. The van der Waals surface area contributed by atoms with E-state index in [1.807, 2.05) is 18.3 Å². The van der Waals surface area contributed by atoms with E-state index >= 15 is 0 Å². The van der Waals surface area contributed by atoms with Gasteiger partial charge in [-0.05, 0) is 86.9 Å². The second-order valence-corrected chi connectivity index (χ2v) is 8.71. The van der Waals surface area contributed by atoms with Gasteiger partial charge in [0, 0.05) is 36.9 Å². The summed E-state index contributed by atoms with van der Waals surface area (Å²) in [4.78, 5) is 6.88. The maximum atomic E-state index is 5.74. The number of rotatable bonds is 6. The zero-order valence-electron chi connectivity index (χ0n) is 18.8. The fourth-order valence-corrected chi connectivity index (χ4v) is 5.07. The highest BCUT2D eigenvalue weighted by atomic mass is 32.1. The Balaban J connectivity index is 1.83. The van der Waals surface area contributed by atoms with Crippen molar-refractivity contribution in [1.29, 1.82) is 0 Å². The van der Waals surface area contributed by atoms with Crippen LogP contribution in [0.15, 0.2) is 48.7 Å². The minimum atomic E-state index is -0.0150. The Hall–Kier alpha value is -2.70. The standard InChI is InChI=1S/C25H30N4OS/c1-16-12-17(2)14-20(13-16)29-18(3)15-21(19(29)4)24-23(22-8-6-7-9-26-22)27-25(31)28(24)10-11-30-5/h6-9,12-15,23-24H,10-11H2,1-5H3,(H,27,31)/t23-,24-/m0/s1. The predicted molar refractivity (Wildman–Crippen MR) is 129 cm³/mol. The molecule has 1 aliphatic rings. The van der Waals surface area contributed by atoms with Gasteiger partial charge in [-0.15, -0.1) is 0 Å². The van der Waals surface area contributed by atoms with Gasteiger partial charge in [-0.1, -0.05) is 12.1 Å². The molecule has 5 nitrogen and oxygen atoms in total. The van der Waals surface area contributed by atoms with Crippen LogP contribution in [0, 0.1) is 27.7 Å². The molecule has 0 unspecified atom stereocenters. The molecule has 1 N–H and O–H groups in total. The summed E-state index contributed by atoms with van der Waals surface area (Å²) >= 11 is 5.74. The quantitative estimate of drug-likeness (QED) is 0.569. The van der Waals surface area contributed by atoms with Crippen molar-refractivity contribution >= 4 is 17.3 Å². The van der Waals surface area contributed by atoms with Gasteiger partial charge in [-0.25, -0.2) is 0 Å². The molecule has 0 spiro atoms. The van der Waals surface area contributed by atoms with Gasteiger partial charge in [0.1, 0.15) is 0 Å². The number of nitrogens with one attached hydrogen (secondary N) is 1. The Morgan fingerprint density at radius 1 is 1.06 bits per heavy atom. The molecule has 0 saturated carbocycles. The van der Waals surface area contributed by atoms with Gasteiger partial charge in [0.25, 0.3) is 0 Å². The fourth-order valence-electron chi connectivity index (χ4n) is 4.74. The molecule has 3 aromatic rings. The first-order valence-corrected chi connectivity index (χ1v) is 11.1. The van der Waals surface area contributed by atoms with Crippen molar-refractivity contribution in [1.82, 2.24) is 19.8 Å². The van der Waals surface area contributed by atoms with E-state index in [0.717, 1.165) is 17.4 Å². The van der Waals surface area contributed by atoms with Crippen molar-refractivity contribution in [2.24, 2.45) is 0 Å². The lowest BCUT2D eigenvalue weighted by molar-refractivity contribution is 0.164. The van der Waals surface area contributed by atoms with Crippen LogP contribution in [-0.4, -0.2) is 39.8 Å². The number of ether oxygens (including phenoxy) is 1. The van der Waals surface area contributed by atoms with Crippen molar-refractivity contribution < 1.29 is 4.74 Å². The van der Waals surface area contributed by atoms with Crippen LogP contribution in [0.3, 0.4) is 0 Å². The molecule has 1 saturated heterocycles. The van der Waals surface area contributed by atoms with Crippen molar-refractivity contribution in [3.05, 3.63) is 82.4 Å². The minimum Gasteiger partial charge on any atom is -0.383 e. The van der Waals surface area contributed by atoms with Crippen LogP contribution in [0.25, 0.3) is 5.69 Å². The Labute approximate surface area is 190 Å². The van der Waals surface area contributed by atoms with E-state index in [1.54, 1.807) is 7.11 Å². The molecular formula is C25H30N4OS. The number of nitrogens with zero attached hydrogens (tertiary/aromatic N) is 3. The van der Waals surface area contributed by atoms with E-state index in [-0.39, 0.29) is 12.1 Å². The molecule has 0 amide bonds. The smallest absolute Gasteiger partial charge is 0.170 e. The lowest BCUT2D eigenvalue weighted by atomic mass is 9.97. The van der Waals surface area contributed by atoms with Gasteiger partial charge in [0.05, 0.1) is 24.4 Å². The first-order chi connectivity index (χ1) is 14.9. The molecule has 2 aromatic heterocycles. The highest BCUT2D eigenvalue weighted by Gasteiger charge is 2.41. The first-order valence-electron chi connectivity index (χ1n) is 10.6. The Morgan fingerprint density at radius 2 is 1.81 bits per heavy atom. The van der Waals surface area contributed by atoms with E-state index in [0.29, 0.717) is 6.61 Å². The SMILES string of the molecule is COCCN1C(=S)N[C@@H](c2ccccn2)[C@@H]1c1cc(C)n(-c2cc(C)cc(C)c2)c1C. The largest absolute Gasteiger partial charge is 0.383 e. The normalized spacial score (nSPS) is 18.5. The van der Waals surface area contributed by atoms with Crippen LogP contribution >= 0.6 is 12.2 Å². The second kappa shape index (κ2) is 8.81. The number of hydrogen-bond donors (Lipinski definition) is 1. The number of benzene rings is 1. The molecular weight excluding hydrogens is 404 g/mol. The fraction of sp³-hybridized carbons (Fsp3) is 0.360. The first kappa shape index (κ1) is 21.5. The summed E-state index contributed by atoms with van der Waals surface area (Å²) in [6.45, 7) is 10.0. The number of aromatic nitrogens is 2. The van der Waals surface area contributed by atoms with E-state index < -0.39 is 0 Å². The third kappa shape index (κ3) is 4.10. The van der Waals surface area contributed by atoms with Crippen molar-refractivity contribution in [3.8, 4) is 5.69 Å². The highest BCUT2D eigenvalue weighted by Crippen LogP contribution is 2.41. The lowest BCUT2D eigenvalue weighted by Gasteiger charge is -2.28. The second-order valence-electron chi connectivity index (χ2n) is 8.32. The summed E-state index contributed by atoms with van der Waals surface area (Å²) < 4.78 is 7.73. The van der Waals surface area contributed by atoms with Crippen LogP contribution in [0.2, 0.25) is 0 Å². The molecule has 1 aromatic carbocycles. The number of aryl methyl sites for hydroxylation is 3. The topological polar surface area (TPSA) is 42.3 Å². The lowest BCUT2D eigenvalue weighted by Crippen LogP contribution is -2.32. The average Bonchev–Trinajstić information content (AvgIpc) is 3.21. The van der Waals surface area contributed by atoms with Gasteiger partial charge in [-0.3, -0.25) is 4.98 Å². The van der Waals surface area contributed by atoms with Crippen LogP contribution in [0.1, 0.15) is 45.9 Å². The molecule has 1 aliphatic heterocycles. The predicted octanol–water partition coefficient (Wildman–Crippen LogP) is 4.72. The Morgan fingerprint density at radius 3 is 2.45 bits per heavy atom. The third-order valence-corrected chi connectivity index (χ3v) is 6.34. The maximum Gasteiger partial charge on any atom is 0.170 e. The Bertz CT molecular complexity index is 1070. The monoisotopic (exact) mass is 434 g/mol. The number of methoxy groups -OCH3 is 1. The zero-order valence-corrected chi connectivity index (χ0v) is 19.7. The summed E-state index contributed by atoms with van der Waals surface area (Å²) in [5, 5.41) is 4.27. The van der Waals surface area contributed by atoms with Crippen LogP contribution in [0.5, 0.6) is 0 Å². The molecule has 6 heteroatoms. The van der Waals surface area contributed by atoms with Crippen molar-refractivity contribution in [3.63, 3.8) is 0 Å². The van der Waals surface area contributed by atoms with E-state index in [9.17, 15) is 0 Å². The number of hydrogen-bond acceptors (Lipinski definition) is 3. The Kier molecular flexibility index (Phi) is 6.12. The zero-order chi connectivity index (χ0) is 22.1. The molecule has 0 radical (unpaired) electrons. The molecule has 3 heterocycles. The van der Waals surface area contributed by atoms with Crippen molar-refractivity contribution in [2.75, 3.05) is 20.3 Å². The summed E-state index contributed by atoms with van der Waals surface area (Å²) in [5.74, 6) is 0.